The third-order valence-electron chi connectivity index (χ3n) is 3.66. The molecule has 0 amide bonds. The van der Waals surface area contributed by atoms with Crippen LogP contribution >= 0.6 is 11.3 Å². The lowest BCUT2D eigenvalue weighted by molar-refractivity contribution is 0.701. The van der Waals surface area contributed by atoms with Gasteiger partial charge in [-0.1, -0.05) is 6.92 Å². The Bertz CT molecular complexity index is 599. The van der Waals surface area contributed by atoms with Crippen molar-refractivity contribution in [2.24, 2.45) is 12.8 Å². The van der Waals surface area contributed by atoms with E-state index in [9.17, 15) is 0 Å². The zero-order valence-electron chi connectivity index (χ0n) is 12.8. The zero-order chi connectivity index (χ0) is 14.9. The highest BCUT2D eigenvalue weighted by Gasteiger charge is 2.22. The third-order valence-corrected chi connectivity index (χ3v) is 4.96. The van der Waals surface area contributed by atoms with Crippen LogP contribution in [0.15, 0.2) is 0 Å². The van der Waals surface area contributed by atoms with Crippen LogP contribution in [0.25, 0.3) is 11.3 Å². The standard InChI is InChI=1S/C14H23N5S/c1-8(6-7-15)13-12(17-14(16-4)20-13)11-9(2)18-19(5)10(11)3/h8H,6-7,15H2,1-5H3,(H,16,17). The van der Waals surface area contributed by atoms with Crippen molar-refractivity contribution in [2.75, 3.05) is 18.9 Å². The molecule has 0 saturated carbocycles. The molecule has 2 heterocycles. The number of thiazole rings is 1. The number of hydrogen-bond donors (Lipinski definition) is 2. The van der Waals surface area contributed by atoms with Gasteiger partial charge in [-0.05, 0) is 32.7 Å². The number of hydrogen-bond acceptors (Lipinski definition) is 5. The maximum absolute atomic E-state index is 5.71. The average molecular weight is 293 g/mol. The van der Waals surface area contributed by atoms with Crippen LogP contribution in [0.4, 0.5) is 5.13 Å². The fourth-order valence-electron chi connectivity index (χ4n) is 2.45. The number of nitrogens with two attached hydrogens (primary N) is 1. The fourth-order valence-corrected chi connectivity index (χ4v) is 3.46. The molecule has 2 rings (SSSR count). The minimum absolute atomic E-state index is 0.411. The minimum Gasteiger partial charge on any atom is -0.365 e. The van der Waals surface area contributed by atoms with Crippen molar-refractivity contribution >= 4 is 16.5 Å². The Hall–Kier alpha value is -1.40. The lowest BCUT2D eigenvalue weighted by Gasteiger charge is -2.10. The van der Waals surface area contributed by atoms with E-state index in [1.807, 2.05) is 25.7 Å². The summed E-state index contributed by atoms with van der Waals surface area (Å²) in [5.41, 5.74) is 10.1. The van der Waals surface area contributed by atoms with Crippen molar-refractivity contribution in [3.63, 3.8) is 0 Å². The number of rotatable bonds is 5. The van der Waals surface area contributed by atoms with E-state index >= 15 is 0 Å². The van der Waals surface area contributed by atoms with Crippen LogP contribution in [0.5, 0.6) is 0 Å². The van der Waals surface area contributed by atoms with E-state index in [1.54, 1.807) is 11.3 Å². The summed E-state index contributed by atoms with van der Waals surface area (Å²) in [4.78, 5) is 6.04. The summed E-state index contributed by atoms with van der Waals surface area (Å²) in [5, 5.41) is 8.60. The van der Waals surface area contributed by atoms with Gasteiger partial charge in [-0.15, -0.1) is 11.3 Å². The van der Waals surface area contributed by atoms with Crippen molar-refractivity contribution in [3.05, 3.63) is 16.3 Å². The van der Waals surface area contributed by atoms with E-state index in [0.717, 1.165) is 34.2 Å². The van der Waals surface area contributed by atoms with Gasteiger partial charge in [-0.3, -0.25) is 4.68 Å². The fraction of sp³-hybridized carbons (Fsp3) is 0.571. The molecule has 5 nitrogen and oxygen atoms in total. The van der Waals surface area contributed by atoms with E-state index in [1.165, 1.54) is 4.88 Å². The van der Waals surface area contributed by atoms with E-state index in [2.05, 4.69) is 24.3 Å². The van der Waals surface area contributed by atoms with Gasteiger partial charge in [0.1, 0.15) is 0 Å². The first-order chi connectivity index (χ1) is 9.49. The Kier molecular flexibility index (Phi) is 4.45. The highest BCUT2D eigenvalue weighted by molar-refractivity contribution is 7.16. The molecule has 110 valence electrons. The van der Waals surface area contributed by atoms with Gasteiger partial charge in [-0.25, -0.2) is 4.98 Å². The van der Waals surface area contributed by atoms with Crippen LogP contribution in [0.3, 0.4) is 0 Å². The van der Waals surface area contributed by atoms with Crippen molar-refractivity contribution in [2.45, 2.75) is 33.1 Å². The maximum atomic E-state index is 5.71. The van der Waals surface area contributed by atoms with E-state index in [0.29, 0.717) is 12.5 Å². The van der Waals surface area contributed by atoms with Crippen molar-refractivity contribution in [1.82, 2.24) is 14.8 Å². The Morgan fingerprint density at radius 2 is 2.10 bits per heavy atom. The number of aryl methyl sites for hydroxylation is 2. The van der Waals surface area contributed by atoms with Crippen LogP contribution in [-0.4, -0.2) is 28.4 Å². The van der Waals surface area contributed by atoms with Gasteiger partial charge in [0.2, 0.25) is 0 Å². The van der Waals surface area contributed by atoms with Crippen LogP contribution in [-0.2, 0) is 7.05 Å². The molecule has 0 aromatic carbocycles. The van der Waals surface area contributed by atoms with Crippen LogP contribution in [0.2, 0.25) is 0 Å². The lowest BCUT2D eigenvalue weighted by atomic mass is 10.0. The highest BCUT2D eigenvalue weighted by atomic mass is 32.1. The predicted octanol–water partition coefficient (Wildman–Crippen LogP) is 2.65. The molecule has 0 aliphatic carbocycles. The van der Waals surface area contributed by atoms with Crippen molar-refractivity contribution in [3.8, 4) is 11.3 Å². The van der Waals surface area contributed by atoms with Gasteiger partial charge in [-0.2, -0.15) is 5.10 Å². The summed E-state index contributed by atoms with van der Waals surface area (Å²) >= 11 is 1.71. The Labute approximate surface area is 124 Å². The predicted molar refractivity (Wildman–Crippen MR) is 85.4 cm³/mol. The number of anilines is 1. The second-order valence-corrected chi connectivity index (χ2v) is 6.16. The molecular weight excluding hydrogens is 270 g/mol. The van der Waals surface area contributed by atoms with E-state index < -0.39 is 0 Å². The van der Waals surface area contributed by atoms with E-state index in [-0.39, 0.29) is 0 Å². The topological polar surface area (TPSA) is 68.8 Å². The molecule has 6 heteroatoms. The molecule has 0 aliphatic rings. The van der Waals surface area contributed by atoms with Crippen LogP contribution < -0.4 is 11.1 Å². The Morgan fingerprint density at radius 1 is 1.40 bits per heavy atom. The maximum Gasteiger partial charge on any atom is 0.183 e. The van der Waals surface area contributed by atoms with Gasteiger partial charge >= 0.3 is 0 Å². The second-order valence-electron chi connectivity index (χ2n) is 5.13. The van der Waals surface area contributed by atoms with Gasteiger partial charge in [0.25, 0.3) is 0 Å². The zero-order valence-corrected chi connectivity index (χ0v) is 13.6. The summed E-state index contributed by atoms with van der Waals surface area (Å²) < 4.78 is 1.92. The van der Waals surface area contributed by atoms with Gasteiger partial charge in [0.15, 0.2) is 5.13 Å². The summed E-state index contributed by atoms with van der Waals surface area (Å²) in [6, 6.07) is 0. The molecule has 1 unspecified atom stereocenters. The quantitative estimate of drug-likeness (QED) is 0.889. The SMILES string of the molecule is CNc1nc(-c2c(C)nn(C)c2C)c(C(C)CCN)s1. The normalized spacial score (nSPS) is 12.7. The average Bonchev–Trinajstić information content (AvgIpc) is 2.92. The Balaban J connectivity index is 2.57. The molecule has 0 saturated heterocycles. The number of aromatic nitrogens is 3. The van der Waals surface area contributed by atoms with Gasteiger partial charge in [0, 0.05) is 30.2 Å². The lowest BCUT2D eigenvalue weighted by Crippen LogP contribution is -2.04. The largest absolute Gasteiger partial charge is 0.365 e. The Morgan fingerprint density at radius 3 is 2.60 bits per heavy atom. The van der Waals surface area contributed by atoms with Crippen LogP contribution in [0.1, 0.15) is 35.5 Å². The molecule has 0 spiro atoms. The van der Waals surface area contributed by atoms with Gasteiger partial charge in [0.05, 0.1) is 11.4 Å². The smallest absolute Gasteiger partial charge is 0.183 e. The molecule has 20 heavy (non-hydrogen) atoms. The summed E-state index contributed by atoms with van der Waals surface area (Å²) in [6.07, 6.45) is 0.969. The molecular formula is C14H23N5S. The molecule has 0 fully saturated rings. The first-order valence-electron chi connectivity index (χ1n) is 6.88. The summed E-state index contributed by atoms with van der Waals surface area (Å²) in [6.45, 7) is 7.03. The molecule has 2 aromatic heterocycles. The van der Waals surface area contributed by atoms with E-state index in [4.69, 9.17) is 10.7 Å². The molecule has 0 bridgehead atoms. The second kappa shape index (κ2) is 5.93. The third kappa shape index (κ3) is 2.58. The minimum atomic E-state index is 0.411. The molecule has 1 atom stereocenters. The van der Waals surface area contributed by atoms with Crippen molar-refractivity contribution < 1.29 is 0 Å². The molecule has 0 radical (unpaired) electrons. The van der Waals surface area contributed by atoms with Crippen molar-refractivity contribution in [1.29, 1.82) is 0 Å². The monoisotopic (exact) mass is 293 g/mol. The number of nitrogens with zero attached hydrogens (tertiary/aromatic N) is 3. The van der Waals surface area contributed by atoms with Gasteiger partial charge < -0.3 is 11.1 Å². The first-order valence-corrected chi connectivity index (χ1v) is 7.70. The summed E-state index contributed by atoms with van der Waals surface area (Å²) in [5.74, 6) is 0.411. The number of nitrogens with one attached hydrogen (secondary N) is 1. The molecule has 2 aromatic rings. The van der Waals surface area contributed by atoms with Crippen LogP contribution in [0, 0.1) is 13.8 Å². The molecule has 0 aliphatic heterocycles. The first kappa shape index (κ1) is 15.0. The molecule has 3 N–H and O–H groups in total. The summed E-state index contributed by atoms with van der Waals surface area (Å²) in [7, 11) is 3.88. The highest BCUT2D eigenvalue weighted by Crippen LogP contribution is 2.39.